The minimum Gasteiger partial charge on any atom is -0.356 e. The summed E-state index contributed by atoms with van der Waals surface area (Å²) >= 11 is 0. The van der Waals surface area contributed by atoms with E-state index in [9.17, 15) is 0 Å². The lowest BCUT2D eigenvalue weighted by atomic mass is 10.2. The van der Waals surface area contributed by atoms with E-state index < -0.39 is 0 Å². The number of nitrogens with one attached hydrogen (secondary N) is 1. The van der Waals surface area contributed by atoms with Gasteiger partial charge in [0, 0.05) is 58.9 Å². The van der Waals surface area contributed by atoms with Crippen LogP contribution in [0.5, 0.6) is 0 Å². The molecular formula is C18H30IN7. The predicted octanol–water partition coefficient (Wildman–Crippen LogP) is 1.74. The maximum atomic E-state index is 4.45. The fraction of sp³-hybridized carbons (Fsp3) is 0.611. The molecule has 1 aliphatic heterocycles. The number of nitrogens with zero attached hydrogens (tertiary/aromatic N) is 6. The summed E-state index contributed by atoms with van der Waals surface area (Å²) in [6.07, 6.45) is 2.82. The minimum absolute atomic E-state index is 0. The molecular weight excluding hydrogens is 441 g/mol. The van der Waals surface area contributed by atoms with Crippen LogP contribution in [0.25, 0.3) is 5.65 Å². The molecule has 144 valence electrons. The molecule has 0 saturated carbocycles. The van der Waals surface area contributed by atoms with Gasteiger partial charge in [-0.25, -0.2) is 0 Å². The standard InChI is InChI=1S/C18H29N7.HI/c1-15(2)14-23-10-12-24(13-11-23)18(19-3)20-8-7-17-22-21-16-6-4-5-9-25(16)17;/h4-6,9,15H,7-8,10-14H2,1-3H3,(H,19,20);1H. The van der Waals surface area contributed by atoms with Crippen LogP contribution < -0.4 is 5.32 Å². The van der Waals surface area contributed by atoms with Gasteiger partial charge in [0.1, 0.15) is 5.82 Å². The highest BCUT2D eigenvalue weighted by molar-refractivity contribution is 14.0. The van der Waals surface area contributed by atoms with Gasteiger partial charge in [-0.1, -0.05) is 19.9 Å². The number of halogens is 1. The molecule has 0 amide bonds. The van der Waals surface area contributed by atoms with Crippen LogP contribution in [0.2, 0.25) is 0 Å². The Hall–Kier alpha value is -1.42. The van der Waals surface area contributed by atoms with E-state index in [0.717, 1.165) is 62.5 Å². The van der Waals surface area contributed by atoms with Crippen molar-refractivity contribution in [3.05, 3.63) is 30.2 Å². The Balaban J connectivity index is 0.00000243. The van der Waals surface area contributed by atoms with Gasteiger partial charge in [-0.15, -0.1) is 34.2 Å². The van der Waals surface area contributed by atoms with Crippen LogP contribution in [-0.2, 0) is 6.42 Å². The zero-order chi connectivity index (χ0) is 17.6. The van der Waals surface area contributed by atoms with E-state index in [1.54, 1.807) is 0 Å². The first-order chi connectivity index (χ1) is 12.2. The third-order valence-corrected chi connectivity index (χ3v) is 4.52. The van der Waals surface area contributed by atoms with Gasteiger partial charge in [0.25, 0.3) is 0 Å². The van der Waals surface area contributed by atoms with Crippen LogP contribution in [0.1, 0.15) is 19.7 Å². The lowest BCUT2D eigenvalue weighted by Gasteiger charge is -2.37. The highest BCUT2D eigenvalue weighted by Gasteiger charge is 2.19. The van der Waals surface area contributed by atoms with Crippen molar-refractivity contribution in [2.75, 3.05) is 46.3 Å². The van der Waals surface area contributed by atoms with Gasteiger partial charge in [-0.3, -0.25) is 14.3 Å². The molecule has 1 saturated heterocycles. The number of piperazine rings is 1. The lowest BCUT2D eigenvalue weighted by molar-refractivity contribution is 0.164. The number of fused-ring (bicyclic) bond motifs is 1. The van der Waals surface area contributed by atoms with Crippen LogP contribution in [-0.4, -0.2) is 76.7 Å². The van der Waals surface area contributed by atoms with Gasteiger partial charge >= 0.3 is 0 Å². The summed E-state index contributed by atoms with van der Waals surface area (Å²) < 4.78 is 2.04. The van der Waals surface area contributed by atoms with Crippen molar-refractivity contribution < 1.29 is 0 Å². The number of guanidine groups is 1. The molecule has 1 N–H and O–H groups in total. The molecule has 0 aliphatic carbocycles. The monoisotopic (exact) mass is 471 g/mol. The molecule has 3 rings (SSSR count). The molecule has 8 heteroatoms. The zero-order valence-corrected chi connectivity index (χ0v) is 18.3. The number of rotatable bonds is 5. The number of hydrogen-bond donors (Lipinski definition) is 1. The third kappa shape index (κ3) is 5.29. The van der Waals surface area contributed by atoms with E-state index >= 15 is 0 Å². The smallest absolute Gasteiger partial charge is 0.193 e. The maximum absolute atomic E-state index is 4.45. The molecule has 0 unspecified atom stereocenters. The predicted molar refractivity (Wildman–Crippen MR) is 116 cm³/mol. The van der Waals surface area contributed by atoms with Crippen LogP contribution in [0.4, 0.5) is 0 Å². The quantitative estimate of drug-likeness (QED) is 0.409. The first kappa shape index (κ1) is 20.9. The van der Waals surface area contributed by atoms with Crippen molar-refractivity contribution >= 4 is 35.6 Å². The van der Waals surface area contributed by atoms with Crippen molar-refractivity contribution in [1.29, 1.82) is 0 Å². The molecule has 1 aliphatic rings. The Morgan fingerprint density at radius 1 is 1.19 bits per heavy atom. The average molecular weight is 471 g/mol. The second-order valence-corrected chi connectivity index (χ2v) is 6.95. The summed E-state index contributed by atoms with van der Waals surface area (Å²) in [5.74, 6) is 2.68. The largest absolute Gasteiger partial charge is 0.356 e. The minimum atomic E-state index is 0. The summed E-state index contributed by atoms with van der Waals surface area (Å²) in [5.41, 5.74) is 0.892. The summed E-state index contributed by atoms with van der Waals surface area (Å²) in [6.45, 7) is 10.8. The fourth-order valence-corrected chi connectivity index (χ4v) is 3.34. The second-order valence-electron chi connectivity index (χ2n) is 6.95. The molecule has 2 aromatic heterocycles. The molecule has 0 atom stereocenters. The molecule has 26 heavy (non-hydrogen) atoms. The maximum Gasteiger partial charge on any atom is 0.193 e. The molecule has 0 bridgehead atoms. The van der Waals surface area contributed by atoms with Crippen molar-refractivity contribution in [2.45, 2.75) is 20.3 Å². The van der Waals surface area contributed by atoms with Crippen molar-refractivity contribution in [2.24, 2.45) is 10.9 Å². The van der Waals surface area contributed by atoms with Crippen molar-refractivity contribution in [1.82, 2.24) is 29.7 Å². The highest BCUT2D eigenvalue weighted by Crippen LogP contribution is 2.06. The third-order valence-electron chi connectivity index (χ3n) is 4.52. The van der Waals surface area contributed by atoms with Gasteiger partial charge in [-0.2, -0.15) is 0 Å². The van der Waals surface area contributed by atoms with Gasteiger partial charge in [-0.05, 0) is 18.1 Å². The first-order valence-corrected chi connectivity index (χ1v) is 9.14. The molecule has 2 aromatic rings. The van der Waals surface area contributed by atoms with E-state index in [2.05, 4.69) is 44.2 Å². The Labute approximate surface area is 172 Å². The number of aromatic nitrogens is 3. The van der Waals surface area contributed by atoms with Crippen LogP contribution >= 0.6 is 24.0 Å². The second kappa shape index (κ2) is 10.1. The number of pyridine rings is 1. The number of aliphatic imine (C=N–C) groups is 1. The molecule has 0 spiro atoms. The van der Waals surface area contributed by atoms with Crippen LogP contribution in [0, 0.1) is 5.92 Å². The normalized spacial score (nSPS) is 16.2. The molecule has 0 aromatic carbocycles. The summed E-state index contributed by atoms with van der Waals surface area (Å²) in [6, 6.07) is 5.95. The van der Waals surface area contributed by atoms with Crippen LogP contribution in [0.3, 0.4) is 0 Å². The van der Waals surface area contributed by atoms with E-state index in [4.69, 9.17) is 0 Å². The van der Waals surface area contributed by atoms with Crippen molar-refractivity contribution in [3.63, 3.8) is 0 Å². The Morgan fingerprint density at radius 2 is 1.96 bits per heavy atom. The van der Waals surface area contributed by atoms with Gasteiger partial charge in [0.15, 0.2) is 11.6 Å². The van der Waals surface area contributed by atoms with E-state index in [0.29, 0.717) is 0 Å². The van der Waals surface area contributed by atoms with Crippen molar-refractivity contribution in [3.8, 4) is 0 Å². The average Bonchev–Trinajstić information content (AvgIpc) is 3.02. The van der Waals surface area contributed by atoms with E-state index in [1.165, 1.54) is 6.54 Å². The lowest BCUT2D eigenvalue weighted by Crippen LogP contribution is -2.53. The van der Waals surface area contributed by atoms with Gasteiger partial charge in [0.2, 0.25) is 0 Å². The summed E-state index contributed by atoms with van der Waals surface area (Å²) in [4.78, 5) is 9.33. The molecule has 7 nitrogen and oxygen atoms in total. The number of hydrogen-bond acceptors (Lipinski definition) is 4. The van der Waals surface area contributed by atoms with E-state index in [1.807, 2.05) is 35.8 Å². The molecule has 1 fully saturated rings. The SMILES string of the molecule is CN=C(NCCc1nnc2ccccn12)N1CCN(CC(C)C)CC1.I. The molecule has 3 heterocycles. The Morgan fingerprint density at radius 3 is 2.65 bits per heavy atom. The topological polar surface area (TPSA) is 61.1 Å². The molecule has 0 radical (unpaired) electrons. The summed E-state index contributed by atoms with van der Waals surface area (Å²) in [7, 11) is 1.86. The van der Waals surface area contributed by atoms with E-state index in [-0.39, 0.29) is 24.0 Å². The highest BCUT2D eigenvalue weighted by atomic mass is 127. The zero-order valence-electron chi connectivity index (χ0n) is 15.9. The van der Waals surface area contributed by atoms with Gasteiger partial charge < -0.3 is 10.2 Å². The van der Waals surface area contributed by atoms with Crippen LogP contribution in [0.15, 0.2) is 29.4 Å². The van der Waals surface area contributed by atoms with Gasteiger partial charge in [0.05, 0.1) is 0 Å². The summed E-state index contributed by atoms with van der Waals surface area (Å²) in [5, 5.41) is 12.0. The Bertz CT molecular complexity index is 704. The first-order valence-electron chi connectivity index (χ1n) is 9.14. The Kier molecular flexibility index (Phi) is 8.08. The fourth-order valence-electron chi connectivity index (χ4n) is 3.34.